The van der Waals surface area contributed by atoms with Crippen LogP contribution in [0.25, 0.3) is 11.0 Å². The van der Waals surface area contributed by atoms with Gasteiger partial charge >= 0.3 is 0 Å². The topological polar surface area (TPSA) is 50.4 Å². The Bertz CT molecular complexity index is 523. The number of aryl methyl sites for hydroxylation is 1. The van der Waals surface area contributed by atoms with Crippen LogP contribution in [0, 0.1) is 6.92 Å². The molecular formula is C13H14O3. The molecule has 1 unspecified atom stereocenters. The molecule has 0 aliphatic carbocycles. The highest BCUT2D eigenvalue weighted by atomic mass is 16.4. The Hall–Kier alpha value is -1.61. The molecule has 0 bridgehead atoms. The molecule has 1 heterocycles. The molecule has 0 aliphatic heterocycles. The minimum Gasteiger partial charge on any atom is -0.458 e. The maximum atomic E-state index is 10.5. The highest BCUT2D eigenvalue weighted by Gasteiger charge is 2.27. The van der Waals surface area contributed by atoms with Crippen LogP contribution in [0.15, 0.2) is 28.7 Å². The number of carbonyl (C=O) groups is 1. The van der Waals surface area contributed by atoms with E-state index >= 15 is 0 Å². The van der Waals surface area contributed by atoms with E-state index in [1.165, 1.54) is 0 Å². The molecule has 0 aliphatic rings. The molecule has 2 aromatic rings. The Balaban J connectivity index is 2.55. The van der Waals surface area contributed by atoms with Gasteiger partial charge in [0, 0.05) is 11.8 Å². The first-order valence-corrected chi connectivity index (χ1v) is 5.20. The predicted molar refractivity (Wildman–Crippen MR) is 61.2 cm³/mol. The zero-order valence-corrected chi connectivity index (χ0v) is 9.36. The van der Waals surface area contributed by atoms with Crippen molar-refractivity contribution in [2.75, 3.05) is 0 Å². The van der Waals surface area contributed by atoms with Crippen LogP contribution >= 0.6 is 0 Å². The normalized spacial score (nSPS) is 14.9. The van der Waals surface area contributed by atoms with Crippen molar-refractivity contribution >= 4 is 17.3 Å². The van der Waals surface area contributed by atoms with E-state index in [9.17, 15) is 9.90 Å². The fraction of sp³-hybridized carbons (Fsp3) is 0.308. The Labute approximate surface area is 93.7 Å². The van der Waals surface area contributed by atoms with Crippen molar-refractivity contribution < 1.29 is 14.3 Å². The molecule has 1 N–H and O–H groups in total. The number of aliphatic hydroxyl groups is 1. The predicted octanol–water partition coefficient (Wildman–Crippen LogP) is 2.54. The average molecular weight is 218 g/mol. The lowest BCUT2D eigenvalue weighted by Crippen LogP contribution is -2.20. The number of hydrogen-bond donors (Lipinski definition) is 1. The summed E-state index contributed by atoms with van der Waals surface area (Å²) in [6, 6.07) is 7.59. The van der Waals surface area contributed by atoms with Gasteiger partial charge in [0.05, 0.1) is 0 Å². The van der Waals surface area contributed by atoms with Crippen molar-refractivity contribution in [2.24, 2.45) is 0 Å². The van der Waals surface area contributed by atoms with Crippen molar-refractivity contribution in [3.05, 3.63) is 35.6 Å². The summed E-state index contributed by atoms with van der Waals surface area (Å²) in [5.41, 5.74) is 0.557. The highest BCUT2D eigenvalue weighted by Crippen LogP contribution is 2.30. The van der Waals surface area contributed by atoms with Crippen molar-refractivity contribution in [1.29, 1.82) is 0 Å². The van der Waals surface area contributed by atoms with Gasteiger partial charge in [-0.1, -0.05) is 18.2 Å². The second kappa shape index (κ2) is 3.76. The Morgan fingerprint density at radius 1 is 1.50 bits per heavy atom. The molecule has 1 atom stereocenters. The molecule has 0 saturated carbocycles. The third kappa shape index (κ3) is 1.74. The summed E-state index contributed by atoms with van der Waals surface area (Å²) in [7, 11) is 0. The second-order valence-electron chi connectivity index (χ2n) is 4.25. The summed E-state index contributed by atoms with van der Waals surface area (Å²) in [6.45, 7) is 3.53. The standard InChI is InChI=1S/C13H14O3/c1-9-4-3-5-10-8-11(16-12(9)10)13(2,15)6-7-14/h3-5,7-8,15H,6H2,1-2H3. The molecule has 84 valence electrons. The minimum absolute atomic E-state index is 0.0336. The van der Waals surface area contributed by atoms with Crippen LogP contribution in [0.5, 0.6) is 0 Å². The van der Waals surface area contributed by atoms with Crippen LogP contribution in [0.4, 0.5) is 0 Å². The van der Waals surface area contributed by atoms with Gasteiger partial charge in [0.15, 0.2) is 0 Å². The largest absolute Gasteiger partial charge is 0.458 e. The number of benzene rings is 1. The van der Waals surface area contributed by atoms with Crippen LogP contribution < -0.4 is 0 Å². The SMILES string of the molecule is Cc1cccc2cc(C(C)(O)CC=O)oc12. The molecular weight excluding hydrogens is 204 g/mol. The monoisotopic (exact) mass is 218 g/mol. The van der Waals surface area contributed by atoms with Gasteiger partial charge in [-0.25, -0.2) is 0 Å². The first kappa shape index (κ1) is 10.9. The fourth-order valence-corrected chi connectivity index (χ4v) is 1.74. The van der Waals surface area contributed by atoms with Gasteiger partial charge in [0.1, 0.15) is 23.2 Å². The van der Waals surface area contributed by atoms with E-state index in [-0.39, 0.29) is 6.42 Å². The first-order chi connectivity index (χ1) is 7.54. The van der Waals surface area contributed by atoms with E-state index < -0.39 is 5.60 Å². The molecule has 0 radical (unpaired) electrons. The van der Waals surface area contributed by atoms with Crippen LogP contribution in [-0.4, -0.2) is 11.4 Å². The van der Waals surface area contributed by atoms with Gasteiger partial charge in [-0.05, 0) is 25.5 Å². The number of rotatable bonds is 3. The lowest BCUT2D eigenvalue weighted by Gasteiger charge is -2.16. The van der Waals surface area contributed by atoms with Crippen LogP contribution in [0.3, 0.4) is 0 Å². The number of carbonyl (C=O) groups excluding carboxylic acids is 1. The second-order valence-corrected chi connectivity index (χ2v) is 4.25. The molecule has 3 nitrogen and oxygen atoms in total. The van der Waals surface area contributed by atoms with E-state index in [1.54, 1.807) is 13.0 Å². The summed E-state index contributed by atoms with van der Waals surface area (Å²) >= 11 is 0. The highest BCUT2D eigenvalue weighted by molar-refractivity contribution is 5.81. The van der Waals surface area contributed by atoms with E-state index in [0.717, 1.165) is 16.5 Å². The fourth-order valence-electron chi connectivity index (χ4n) is 1.74. The molecule has 0 spiro atoms. The third-order valence-corrected chi connectivity index (χ3v) is 2.75. The van der Waals surface area contributed by atoms with Crippen molar-refractivity contribution in [3.63, 3.8) is 0 Å². The van der Waals surface area contributed by atoms with Crippen molar-refractivity contribution in [2.45, 2.75) is 25.9 Å². The number of hydrogen-bond acceptors (Lipinski definition) is 3. The molecule has 1 aromatic heterocycles. The quantitative estimate of drug-likeness (QED) is 0.805. The average Bonchev–Trinajstić information content (AvgIpc) is 2.63. The Morgan fingerprint density at radius 3 is 2.88 bits per heavy atom. The Kier molecular flexibility index (Phi) is 2.56. The van der Waals surface area contributed by atoms with Crippen LogP contribution in [0.2, 0.25) is 0 Å². The maximum Gasteiger partial charge on any atom is 0.137 e. The molecule has 3 heteroatoms. The first-order valence-electron chi connectivity index (χ1n) is 5.20. The zero-order chi connectivity index (χ0) is 11.8. The molecule has 0 saturated heterocycles. The van der Waals surface area contributed by atoms with Gasteiger partial charge in [-0.2, -0.15) is 0 Å². The van der Waals surface area contributed by atoms with Gasteiger partial charge in [-0.3, -0.25) is 0 Å². The minimum atomic E-state index is -1.23. The molecule has 0 fully saturated rings. The summed E-state index contributed by atoms with van der Waals surface area (Å²) in [4.78, 5) is 10.5. The molecule has 0 amide bonds. The van der Waals surface area contributed by atoms with Gasteiger partial charge in [-0.15, -0.1) is 0 Å². The van der Waals surface area contributed by atoms with E-state index in [1.807, 2.05) is 25.1 Å². The molecule has 2 rings (SSSR count). The van der Waals surface area contributed by atoms with Gasteiger partial charge < -0.3 is 14.3 Å². The third-order valence-electron chi connectivity index (χ3n) is 2.75. The lowest BCUT2D eigenvalue weighted by molar-refractivity contribution is -0.112. The van der Waals surface area contributed by atoms with Gasteiger partial charge in [0.25, 0.3) is 0 Å². The smallest absolute Gasteiger partial charge is 0.137 e. The summed E-state index contributed by atoms with van der Waals surface area (Å²) < 4.78 is 5.61. The Morgan fingerprint density at radius 2 is 2.25 bits per heavy atom. The maximum absolute atomic E-state index is 10.5. The van der Waals surface area contributed by atoms with Crippen molar-refractivity contribution in [3.8, 4) is 0 Å². The van der Waals surface area contributed by atoms with Crippen LogP contribution in [-0.2, 0) is 10.4 Å². The van der Waals surface area contributed by atoms with E-state index in [4.69, 9.17) is 4.42 Å². The zero-order valence-electron chi connectivity index (χ0n) is 9.36. The summed E-state index contributed by atoms with van der Waals surface area (Å²) in [6.07, 6.45) is 0.728. The summed E-state index contributed by atoms with van der Waals surface area (Å²) in [5, 5.41) is 11.0. The lowest BCUT2D eigenvalue weighted by atomic mass is 10.00. The van der Waals surface area contributed by atoms with Gasteiger partial charge in [0.2, 0.25) is 0 Å². The number of furan rings is 1. The number of aldehydes is 1. The van der Waals surface area contributed by atoms with E-state index in [2.05, 4.69) is 0 Å². The number of para-hydroxylation sites is 1. The molecule has 1 aromatic carbocycles. The van der Waals surface area contributed by atoms with Crippen LogP contribution in [0.1, 0.15) is 24.7 Å². The van der Waals surface area contributed by atoms with E-state index in [0.29, 0.717) is 12.0 Å². The number of fused-ring (bicyclic) bond motifs is 1. The molecule has 16 heavy (non-hydrogen) atoms. The summed E-state index contributed by atoms with van der Waals surface area (Å²) in [5.74, 6) is 0.434. The van der Waals surface area contributed by atoms with Crippen molar-refractivity contribution in [1.82, 2.24) is 0 Å².